The quantitative estimate of drug-likeness (QED) is 0.220. The van der Waals surface area contributed by atoms with Crippen molar-refractivity contribution in [3.63, 3.8) is 0 Å². The van der Waals surface area contributed by atoms with Crippen molar-refractivity contribution in [2.24, 2.45) is 10.7 Å². The Hall–Kier alpha value is -1.26. The molecule has 0 aromatic carbocycles. The van der Waals surface area contributed by atoms with Gasteiger partial charge < -0.3 is 15.8 Å². The van der Waals surface area contributed by atoms with Crippen molar-refractivity contribution in [1.29, 1.82) is 0 Å². The highest BCUT2D eigenvalue weighted by Crippen LogP contribution is 2.10. The van der Waals surface area contributed by atoms with Crippen LogP contribution in [0.2, 0.25) is 0 Å². The van der Waals surface area contributed by atoms with Crippen LogP contribution in [0.3, 0.4) is 0 Å². The summed E-state index contributed by atoms with van der Waals surface area (Å²) < 4.78 is 4.90. The molecule has 0 saturated carbocycles. The summed E-state index contributed by atoms with van der Waals surface area (Å²) in [6.07, 6.45) is 13.0. The first-order valence-corrected chi connectivity index (χ1v) is 9.34. The van der Waals surface area contributed by atoms with Gasteiger partial charge in [-0.3, -0.25) is 4.99 Å². The van der Waals surface area contributed by atoms with E-state index in [0.29, 0.717) is 19.1 Å². The van der Waals surface area contributed by atoms with Crippen LogP contribution in [0.4, 0.5) is 0 Å². The molecule has 0 aromatic rings. The van der Waals surface area contributed by atoms with E-state index in [9.17, 15) is 4.79 Å². The van der Waals surface area contributed by atoms with Gasteiger partial charge in [-0.05, 0) is 20.3 Å². The number of rotatable bonds is 14. The van der Waals surface area contributed by atoms with Crippen molar-refractivity contribution in [1.82, 2.24) is 5.32 Å². The van der Waals surface area contributed by atoms with Crippen LogP contribution in [0.5, 0.6) is 0 Å². The smallest absolute Gasteiger partial charge is 0.328 e. The van der Waals surface area contributed by atoms with Gasteiger partial charge in [-0.15, -0.1) is 0 Å². The first-order valence-electron chi connectivity index (χ1n) is 9.34. The van der Waals surface area contributed by atoms with Crippen LogP contribution in [0.15, 0.2) is 4.99 Å². The van der Waals surface area contributed by atoms with Crippen LogP contribution in [-0.4, -0.2) is 31.1 Å². The number of ether oxygens (including phenoxy) is 1. The minimum absolute atomic E-state index is 0.301. The molecule has 0 aliphatic heterocycles. The zero-order chi connectivity index (χ0) is 17.3. The SMILES string of the molecule is CCCCCCCCCCCCN=C(N)NC(C)C(=O)OCC. The maximum Gasteiger partial charge on any atom is 0.328 e. The molecule has 0 spiro atoms. The molecule has 0 fully saturated rings. The summed E-state index contributed by atoms with van der Waals surface area (Å²) in [7, 11) is 0. The summed E-state index contributed by atoms with van der Waals surface area (Å²) in [5.41, 5.74) is 5.76. The van der Waals surface area contributed by atoms with E-state index >= 15 is 0 Å². The number of nitrogens with one attached hydrogen (secondary N) is 1. The second kappa shape index (κ2) is 15.6. The lowest BCUT2D eigenvalue weighted by atomic mass is 10.1. The molecule has 3 N–H and O–H groups in total. The summed E-state index contributed by atoms with van der Waals surface area (Å²) in [6, 6.07) is -0.452. The number of nitrogens with zero attached hydrogens (tertiary/aromatic N) is 1. The summed E-state index contributed by atoms with van der Waals surface area (Å²) >= 11 is 0. The molecule has 23 heavy (non-hydrogen) atoms. The molecular weight excluding hydrogens is 290 g/mol. The second-order valence-corrected chi connectivity index (χ2v) is 6.07. The lowest BCUT2D eigenvalue weighted by molar-refractivity contribution is -0.144. The van der Waals surface area contributed by atoms with Crippen LogP contribution in [-0.2, 0) is 9.53 Å². The molecule has 1 unspecified atom stereocenters. The lowest BCUT2D eigenvalue weighted by Crippen LogP contribution is -2.43. The molecule has 0 aromatic heterocycles. The molecule has 0 aliphatic rings. The van der Waals surface area contributed by atoms with Crippen molar-refractivity contribution in [2.75, 3.05) is 13.2 Å². The zero-order valence-electron chi connectivity index (χ0n) is 15.4. The number of aliphatic imine (C=N–C) groups is 1. The van der Waals surface area contributed by atoms with E-state index < -0.39 is 6.04 Å². The number of hydrogen-bond donors (Lipinski definition) is 2. The summed E-state index contributed by atoms with van der Waals surface area (Å²) in [5, 5.41) is 2.85. The maximum atomic E-state index is 11.4. The Kier molecular flexibility index (Phi) is 14.8. The molecule has 0 radical (unpaired) electrons. The fourth-order valence-electron chi connectivity index (χ4n) is 2.39. The van der Waals surface area contributed by atoms with Crippen LogP contribution in [0.25, 0.3) is 0 Å². The summed E-state index contributed by atoms with van der Waals surface area (Å²) in [5.74, 6) is 0.0195. The summed E-state index contributed by atoms with van der Waals surface area (Å²) in [6.45, 7) is 6.85. The predicted octanol–water partition coefficient (Wildman–Crippen LogP) is 3.76. The maximum absolute atomic E-state index is 11.4. The lowest BCUT2D eigenvalue weighted by Gasteiger charge is -2.12. The highest BCUT2D eigenvalue weighted by molar-refractivity contribution is 5.85. The van der Waals surface area contributed by atoms with Crippen LogP contribution in [0, 0.1) is 0 Å². The van der Waals surface area contributed by atoms with E-state index in [1.807, 2.05) is 0 Å². The number of unbranched alkanes of at least 4 members (excludes halogenated alkanes) is 9. The second-order valence-electron chi connectivity index (χ2n) is 6.07. The van der Waals surface area contributed by atoms with E-state index in [-0.39, 0.29) is 5.97 Å². The first-order chi connectivity index (χ1) is 11.1. The predicted molar refractivity (Wildman–Crippen MR) is 97.6 cm³/mol. The van der Waals surface area contributed by atoms with E-state index in [2.05, 4.69) is 17.2 Å². The van der Waals surface area contributed by atoms with Crippen molar-refractivity contribution in [3.05, 3.63) is 0 Å². The minimum Gasteiger partial charge on any atom is -0.464 e. The van der Waals surface area contributed by atoms with Gasteiger partial charge in [-0.25, -0.2) is 4.79 Å². The monoisotopic (exact) mass is 327 g/mol. The fraction of sp³-hybridized carbons (Fsp3) is 0.889. The molecule has 136 valence electrons. The molecule has 0 rings (SSSR count). The van der Waals surface area contributed by atoms with Gasteiger partial charge in [0.25, 0.3) is 0 Å². The number of esters is 1. The average molecular weight is 328 g/mol. The fourth-order valence-corrected chi connectivity index (χ4v) is 2.39. The number of carbonyl (C=O) groups is 1. The van der Waals surface area contributed by atoms with Crippen molar-refractivity contribution < 1.29 is 9.53 Å². The van der Waals surface area contributed by atoms with Crippen molar-refractivity contribution in [3.8, 4) is 0 Å². The van der Waals surface area contributed by atoms with Gasteiger partial charge in [-0.1, -0.05) is 64.7 Å². The van der Waals surface area contributed by atoms with Gasteiger partial charge in [0.15, 0.2) is 5.96 Å². The number of nitrogens with two attached hydrogens (primary N) is 1. The highest BCUT2D eigenvalue weighted by Gasteiger charge is 2.13. The topological polar surface area (TPSA) is 76.7 Å². The molecule has 5 nitrogen and oxygen atoms in total. The molecule has 0 aliphatic carbocycles. The Balaban J connectivity index is 3.49. The Labute approximate surface area is 142 Å². The molecule has 0 saturated heterocycles. The van der Waals surface area contributed by atoms with Crippen molar-refractivity contribution in [2.45, 2.75) is 91.0 Å². The largest absolute Gasteiger partial charge is 0.464 e. The van der Waals surface area contributed by atoms with Gasteiger partial charge in [0, 0.05) is 6.54 Å². The Bertz CT molecular complexity index is 319. The van der Waals surface area contributed by atoms with E-state index in [0.717, 1.165) is 6.42 Å². The van der Waals surface area contributed by atoms with Gasteiger partial charge in [0.2, 0.25) is 0 Å². The first kappa shape index (κ1) is 21.7. The average Bonchev–Trinajstić information content (AvgIpc) is 2.52. The molecular formula is C18H37N3O2. The van der Waals surface area contributed by atoms with Gasteiger partial charge in [0.05, 0.1) is 6.61 Å². The van der Waals surface area contributed by atoms with Crippen LogP contribution < -0.4 is 11.1 Å². The molecule has 0 bridgehead atoms. The summed E-state index contributed by atoms with van der Waals surface area (Å²) in [4.78, 5) is 15.7. The molecule has 5 heteroatoms. The zero-order valence-corrected chi connectivity index (χ0v) is 15.4. The Morgan fingerprint density at radius 1 is 1.00 bits per heavy atom. The van der Waals surface area contributed by atoms with E-state index in [1.54, 1.807) is 13.8 Å². The third-order valence-corrected chi connectivity index (χ3v) is 3.80. The Morgan fingerprint density at radius 2 is 1.52 bits per heavy atom. The number of hydrogen-bond acceptors (Lipinski definition) is 3. The van der Waals surface area contributed by atoms with Crippen molar-refractivity contribution >= 4 is 11.9 Å². The van der Waals surface area contributed by atoms with Gasteiger partial charge in [-0.2, -0.15) is 0 Å². The Morgan fingerprint density at radius 3 is 2.04 bits per heavy atom. The molecule has 0 heterocycles. The standard InChI is InChI=1S/C18H37N3O2/c1-4-6-7-8-9-10-11-12-13-14-15-20-18(19)21-16(3)17(22)23-5-2/h16H,4-15H2,1-3H3,(H3,19,20,21). The number of carbonyl (C=O) groups excluding carboxylic acids is 1. The molecule has 0 amide bonds. The number of guanidine groups is 1. The van der Waals surface area contributed by atoms with E-state index in [4.69, 9.17) is 10.5 Å². The van der Waals surface area contributed by atoms with E-state index in [1.165, 1.54) is 57.8 Å². The molecule has 1 atom stereocenters. The van der Waals surface area contributed by atoms with Crippen LogP contribution in [0.1, 0.15) is 85.0 Å². The van der Waals surface area contributed by atoms with Gasteiger partial charge >= 0.3 is 5.97 Å². The van der Waals surface area contributed by atoms with Crippen LogP contribution >= 0.6 is 0 Å². The highest BCUT2D eigenvalue weighted by atomic mass is 16.5. The third kappa shape index (κ3) is 14.1. The van der Waals surface area contributed by atoms with Gasteiger partial charge in [0.1, 0.15) is 6.04 Å². The third-order valence-electron chi connectivity index (χ3n) is 3.80. The normalized spacial score (nSPS) is 12.9. The minimum atomic E-state index is -0.452.